The van der Waals surface area contributed by atoms with Crippen LogP contribution in [-0.2, 0) is 16.1 Å². The highest BCUT2D eigenvalue weighted by molar-refractivity contribution is 6.05. The molecule has 1 atom stereocenters. The summed E-state index contributed by atoms with van der Waals surface area (Å²) >= 11 is 0. The number of carbonyl (C=O) groups excluding carboxylic acids is 2. The highest BCUT2D eigenvalue weighted by Crippen LogP contribution is 2.37. The lowest BCUT2D eigenvalue weighted by Gasteiger charge is -2.31. The minimum Gasteiger partial charge on any atom is -0.367 e. The summed E-state index contributed by atoms with van der Waals surface area (Å²) in [4.78, 5) is 31.9. The van der Waals surface area contributed by atoms with Crippen LogP contribution in [0.2, 0.25) is 0 Å². The van der Waals surface area contributed by atoms with E-state index in [1.54, 1.807) is 4.90 Å². The van der Waals surface area contributed by atoms with E-state index in [4.69, 9.17) is 0 Å². The Balaban J connectivity index is 1.45. The van der Waals surface area contributed by atoms with Crippen LogP contribution >= 0.6 is 0 Å². The highest BCUT2D eigenvalue weighted by atomic mass is 16.2. The Labute approximate surface area is 245 Å². The molecule has 1 aliphatic rings. The van der Waals surface area contributed by atoms with Crippen LogP contribution in [0.1, 0.15) is 31.3 Å². The predicted molar refractivity (Wildman–Crippen MR) is 164 cm³/mol. The van der Waals surface area contributed by atoms with Gasteiger partial charge in [0.2, 0.25) is 5.91 Å². The zero-order valence-electron chi connectivity index (χ0n) is 23.6. The highest BCUT2D eigenvalue weighted by Gasteiger charge is 2.39. The molecule has 0 aliphatic carbocycles. The lowest BCUT2D eigenvalue weighted by atomic mass is 10.1. The fourth-order valence-corrected chi connectivity index (χ4v) is 5.32. The van der Waals surface area contributed by atoms with Crippen molar-refractivity contribution in [1.29, 1.82) is 0 Å². The largest absolute Gasteiger partial charge is 0.367 e. The first-order valence-corrected chi connectivity index (χ1v) is 14.1. The molecule has 0 fully saturated rings. The monoisotopic (exact) mass is 556 g/mol. The van der Waals surface area contributed by atoms with Gasteiger partial charge in [-0.3, -0.25) is 19.1 Å². The van der Waals surface area contributed by atoms with Gasteiger partial charge in [0.25, 0.3) is 5.91 Å². The molecule has 2 amide bonds. The average molecular weight is 557 g/mol. The molecule has 210 valence electrons. The van der Waals surface area contributed by atoms with Crippen molar-refractivity contribution in [3.8, 4) is 17.1 Å². The average Bonchev–Trinajstić information content (AvgIpc) is 3.44. The fraction of sp³-hybridized carbons (Fsp3) is 0.176. The minimum atomic E-state index is -0.890. The Bertz CT molecular complexity index is 1690. The Morgan fingerprint density at radius 1 is 0.810 bits per heavy atom. The Morgan fingerprint density at radius 2 is 1.40 bits per heavy atom. The van der Waals surface area contributed by atoms with E-state index in [1.807, 2.05) is 139 Å². The van der Waals surface area contributed by atoms with Gasteiger partial charge in [-0.15, -0.1) is 10.2 Å². The summed E-state index contributed by atoms with van der Waals surface area (Å²) in [6.07, 6.45) is 0. The number of fused-ring (bicyclic) bond motifs is 3. The normalized spacial score (nSPS) is 14.2. The number of nitrogens with one attached hydrogen (secondary N) is 1. The maximum absolute atomic E-state index is 14.5. The number of benzene rings is 4. The first-order chi connectivity index (χ1) is 20.5. The van der Waals surface area contributed by atoms with Crippen molar-refractivity contribution >= 4 is 23.2 Å². The maximum Gasteiger partial charge on any atom is 0.258 e. The lowest BCUT2D eigenvalue weighted by Crippen LogP contribution is -2.47. The number of hydrogen-bond donors (Lipinski definition) is 1. The molecule has 2 heterocycles. The molecule has 1 N–H and O–H groups in total. The summed E-state index contributed by atoms with van der Waals surface area (Å²) < 4.78 is 1.93. The van der Waals surface area contributed by atoms with E-state index in [0.29, 0.717) is 23.9 Å². The molecule has 1 aliphatic heterocycles. The van der Waals surface area contributed by atoms with Gasteiger partial charge in [-0.1, -0.05) is 91.0 Å². The second-order valence-electron chi connectivity index (χ2n) is 10.5. The van der Waals surface area contributed by atoms with Gasteiger partial charge in [0.05, 0.1) is 11.4 Å². The van der Waals surface area contributed by atoms with Crippen LogP contribution in [0.3, 0.4) is 0 Å². The number of hydrogen-bond acceptors (Lipinski definition) is 5. The van der Waals surface area contributed by atoms with Gasteiger partial charge in [-0.05, 0) is 43.7 Å². The van der Waals surface area contributed by atoms with Gasteiger partial charge in [0.1, 0.15) is 6.54 Å². The molecule has 5 aromatic rings. The summed E-state index contributed by atoms with van der Waals surface area (Å²) in [5.74, 6) is 0.645. The van der Waals surface area contributed by atoms with Crippen molar-refractivity contribution < 1.29 is 9.59 Å². The quantitative estimate of drug-likeness (QED) is 0.258. The van der Waals surface area contributed by atoms with Crippen LogP contribution in [0.4, 0.5) is 11.4 Å². The molecule has 42 heavy (non-hydrogen) atoms. The number of carbonyl (C=O) groups is 2. The zero-order valence-corrected chi connectivity index (χ0v) is 23.6. The van der Waals surface area contributed by atoms with E-state index in [1.165, 1.54) is 0 Å². The number of aromatic nitrogens is 3. The second kappa shape index (κ2) is 11.7. The summed E-state index contributed by atoms with van der Waals surface area (Å²) in [6.45, 7) is 4.32. The van der Waals surface area contributed by atoms with Crippen LogP contribution in [0.25, 0.3) is 17.1 Å². The lowest BCUT2D eigenvalue weighted by molar-refractivity contribution is -0.133. The van der Waals surface area contributed by atoms with Crippen LogP contribution in [0.5, 0.6) is 0 Å². The molecule has 1 unspecified atom stereocenters. The van der Waals surface area contributed by atoms with Gasteiger partial charge < -0.3 is 10.2 Å². The fourth-order valence-electron chi connectivity index (χ4n) is 5.32. The van der Waals surface area contributed by atoms with Crippen molar-refractivity contribution in [1.82, 2.24) is 19.7 Å². The van der Waals surface area contributed by atoms with E-state index < -0.39 is 6.04 Å². The molecule has 8 heteroatoms. The first-order valence-electron chi connectivity index (χ1n) is 14.1. The van der Waals surface area contributed by atoms with Crippen molar-refractivity contribution in [2.75, 3.05) is 16.8 Å². The van der Waals surface area contributed by atoms with Crippen molar-refractivity contribution in [2.24, 2.45) is 0 Å². The third kappa shape index (κ3) is 5.26. The third-order valence-corrected chi connectivity index (χ3v) is 7.42. The third-order valence-electron chi connectivity index (χ3n) is 7.42. The first kappa shape index (κ1) is 27.0. The molecule has 0 bridgehead atoms. The Morgan fingerprint density at radius 3 is 2.07 bits per heavy atom. The van der Waals surface area contributed by atoms with Crippen LogP contribution in [0, 0.1) is 0 Å². The van der Waals surface area contributed by atoms with E-state index in [9.17, 15) is 9.59 Å². The Kier molecular flexibility index (Phi) is 7.51. The van der Waals surface area contributed by atoms with E-state index in [0.717, 1.165) is 22.5 Å². The van der Waals surface area contributed by atoms with Gasteiger partial charge in [0.15, 0.2) is 17.7 Å². The molecular weight excluding hydrogens is 524 g/mol. The van der Waals surface area contributed by atoms with Crippen LogP contribution < -0.4 is 10.2 Å². The van der Waals surface area contributed by atoms with Crippen LogP contribution in [-0.4, -0.2) is 44.1 Å². The Hall–Kier alpha value is -5.24. The SMILES string of the molecule is CC(C)N(Cc1ccccc1)C(=O)CN1C(=O)C(Nc2ccccc2)c2nnc(-c3ccccc3)n2-c2ccccc21. The summed E-state index contributed by atoms with van der Waals surface area (Å²) in [6, 6.07) is 35.9. The number of amides is 2. The summed E-state index contributed by atoms with van der Waals surface area (Å²) in [7, 11) is 0. The van der Waals surface area contributed by atoms with Gasteiger partial charge in [0, 0.05) is 23.8 Å². The number of para-hydroxylation sites is 3. The van der Waals surface area contributed by atoms with E-state index >= 15 is 0 Å². The molecule has 0 radical (unpaired) electrons. The molecule has 6 rings (SSSR count). The van der Waals surface area contributed by atoms with Crippen molar-refractivity contribution in [3.05, 3.63) is 127 Å². The smallest absolute Gasteiger partial charge is 0.258 e. The molecule has 4 aromatic carbocycles. The van der Waals surface area contributed by atoms with E-state index in [2.05, 4.69) is 15.5 Å². The van der Waals surface area contributed by atoms with Crippen LogP contribution in [0.15, 0.2) is 115 Å². The van der Waals surface area contributed by atoms with Crippen molar-refractivity contribution in [2.45, 2.75) is 32.5 Å². The molecule has 0 saturated heterocycles. The van der Waals surface area contributed by atoms with Gasteiger partial charge in [-0.2, -0.15) is 0 Å². The van der Waals surface area contributed by atoms with Gasteiger partial charge in [-0.25, -0.2) is 0 Å². The molecular formula is C34H32N6O2. The number of rotatable bonds is 8. The molecule has 8 nitrogen and oxygen atoms in total. The predicted octanol–water partition coefficient (Wildman–Crippen LogP) is 5.87. The van der Waals surface area contributed by atoms with Gasteiger partial charge >= 0.3 is 0 Å². The maximum atomic E-state index is 14.5. The zero-order chi connectivity index (χ0) is 29.1. The van der Waals surface area contributed by atoms with Crippen molar-refractivity contribution in [3.63, 3.8) is 0 Å². The van der Waals surface area contributed by atoms with E-state index in [-0.39, 0.29) is 24.4 Å². The number of anilines is 2. The molecule has 1 aromatic heterocycles. The molecule has 0 spiro atoms. The minimum absolute atomic E-state index is 0.0578. The number of nitrogens with zero attached hydrogens (tertiary/aromatic N) is 5. The summed E-state index contributed by atoms with van der Waals surface area (Å²) in [5, 5.41) is 12.5. The topological polar surface area (TPSA) is 83.4 Å². The second-order valence-corrected chi connectivity index (χ2v) is 10.5. The molecule has 0 saturated carbocycles. The standard InChI is InChI=1S/C34H32N6O2/c1-24(2)38(22-25-14-6-3-7-15-25)30(41)23-39-28-20-12-13-21-29(28)40-32(26-16-8-4-9-17-26)36-37-33(40)31(34(39)42)35-27-18-10-5-11-19-27/h3-21,24,31,35H,22-23H2,1-2H3. The summed E-state index contributed by atoms with van der Waals surface area (Å²) in [5.41, 5.74) is 4.01.